The fraction of sp³-hybridized carbons (Fsp3) is 1.00. The maximum atomic E-state index is 9.02. The van der Waals surface area contributed by atoms with Gasteiger partial charge < -0.3 is 15.5 Å². The molecule has 140 valence electrons. The molecule has 4 heteroatoms. The number of nitrogens with zero attached hydrogens (tertiary/aromatic N) is 1. The van der Waals surface area contributed by atoms with Gasteiger partial charge in [0.15, 0.2) is 0 Å². The van der Waals surface area contributed by atoms with Crippen molar-refractivity contribution in [3.8, 4) is 0 Å². The molecule has 0 aromatic rings. The van der Waals surface area contributed by atoms with Crippen molar-refractivity contribution in [2.45, 2.75) is 77.6 Å². The Morgan fingerprint density at radius 2 is 1.22 bits per heavy atom. The molecule has 0 aliphatic carbocycles. The third-order valence-corrected chi connectivity index (χ3v) is 4.36. The van der Waals surface area contributed by atoms with Crippen molar-refractivity contribution in [3.05, 3.63) is 0 Å². The average molecular weight is 331 g/mol. The maximum absolute atomic E-state index is 9.02. The Balaban J connectivity index is 3.22. The van der Waals surface area contributed by atoms with Crippen molar-refractivity contribution in [1.82, 2.24) is 10.2 Å². The SMILES string of the molecule is CCCCCCCCCCCCNCCN(CCO)CCCO. The van der Waals surface area contributed by atoms with Crippen LogP contribution in [0.4, 0.5) is 0 Å². The van der Waals surface area contributed by atoms with E-state index in [0.29, 0.717) is 6.54 Å². The van der Waals surface area contributed by atoms with Gasteiger partial charge in [0.05, 0.1) is 6.61 Å². The lowest BCUT2D eigenvalue weighted by molar-refractivity contribution is 0.180. The van der Waals surface area contributed by atoms with Crippen molar-refractivity contribution in [2.75, 3.05) is 45.9 Å². The highest BCUT2D eigenvalue weighted by Crippen LogP contribution is 2.10. The predicted molar refractivity (Wildman–Crippen MR) is 99.9 cm³/mol. The normalized spacial score (nSPS) is 11.5. The summed E-state index contributed by atoms with van der Waals surface area (Å²) in [6.07, 6.45) is 14.6. The van der Waals surface area contributed by atoms with E-state index < -0.39 is 0 Å². The summed E-state index contributed by atoms with van der Waals surface area (Å²) < 4.78 is 0. The molecule has 4 nitrogen and oxygen atoms in total. The largest absolute Gasteiger partial charge is 0.396 e. The zero-order valence-electron chi connectivity index (χ0n) is 15.6. The standard InChI is InChI=1S/C19H42N2O2/c1-2-3-4-5-6-7-8-9-10-11-13-20-14-16-21(17-19-23)15-12-18-22/h20,22-23H,2-19H2,1H3. The number of rotatable bonds is 19. The highest BCUT2D eigenvalue weighted by Gasteiger charge is 2.02. The molecule has 0 saturated heterocycles. The van der Waals surface area contributed by atoms with E-state index in [1.165, 1.54) is 64.2 Å². The van der Waals surface area contributed by atoms with Gasteiger partial charge in [-0.2, -0.15) is 0 Å². The van der Waals surface area contributed by atoms with Gasteiger partial charge in [0.1, 0.15) is 0 Å². The third kappa shape index (κ3) is 18.0. The van der Waals surface area contributed by atoms with E-state index in [2.05, 4.69) is 17.1 Å². The minimum Gasteiger partial charge on any atom is -0.396 e. The lowest BCUT2D eigenvalue weighted by Crippen LogP contribution is -2.35. The topological polar surface area (TPSA) is 55.7 Å². The zero-order chi connectivity index (χ0) is 17.0. The Morgan fingerprint density at radius 3 is 1.78 bits per heavy atom. The molecule has 0 radical (unpaired) electrons. The summed E-state index contributed by atoms with van der Waals surface area (Å²) in [5.41, 5.74) is 0. The van der Waals surface area contributed by atoms with Gasteiger partial charge in [-0.15, -0.1) is 0 Å². The van der Waals surface area contributed by atoms with Crippen LogP contribution in [0.3, 0.4) is 0 Å². The van der Waals surface area contributed by atoms with E-state index >= 15 is 0 Å². The van der Waals surface area contributed by atoms with E-state index in [0.717, 1.165) is 32.6 Å². The first-order valence-electron chi connectivity index (χ1n) is 10.00. The van der Waals surface area contributed by atoms with Gasteiger partial charge in [-0.3, -0.25) is 4.90 Å². The van der Waals surface area contributed by atoms with Crippen LogP contribution < -0.4 is 5.32 Å². The van der Waals surface area contributed by atoms with Crippen LogP contribution in [-0.4, -0.2) is 61.1 Å². The van der Waals surface area contributed by atoms with Gasteiger partial charge in [-0.1, -0.05) is 64.7 Å². The summed E-state index contributed by atoms with van der Waals surface area (Å²) in [5, 5.41) is 21.4. The molecular weight excluding hydrogens is 288 g/mol. The molecule has 0 amide bonds. The molecule has 3 N–H and O–H groups in total. The second-order valence-corrected chi connectivity index (χ2v) is 6.57. The van der Waals surface area contributed by atoms with Crippen molar-refractivity contribution < 1.29 is 10.2 Å². The van der Waals surface area contributed by atoms with Crippen LogP contribution in [-0.2, 0) is 0 Å². The molecule has 0 rings (SSSR count). The molecule has 0 atom stereocenters. The Labute approximate surface area is 144 Å². The highest BCUT2D eigenvalue weighted by molar-refractivity contribution is 4.60. The molecule has 0 heterocycles. The molecular formula is C19H42N2O2. The van der Waals surface area contributed by atoms with Crippen LogP contribution >= 0.6 is 0 Å². The van der Waals surface area contributed by atoms with Gasteiger partial charge >= 0.3 is 0 Å². The average Bonchev–Trinajstić information content (AvgIpc) is 2.56. The van der Waals surface area contributed by atoms with Crippen molar-refractivity contribution in [1.29, 1.82) is 0 Å². The van der Waals surface area contributed by atoms with Crippen molar-refractivity contribution >= 4 is 0 Å². The quantitative estimate of drug-likeness (QED) is 0.318. The third-order valence-electron chi connectivity index (χ3n) is 4.36. The van der Waals surface area contributed by atoms with Gasteiger partial charge in [-0.25, -0.2) is 0 Å². The Bertz CT molecular complexity index is 216. The molecule has 0 fully saturated rings. The molecule has 0 bridgehead atoms. The number of hydrogen-bond acceptors (Lipinski definition) is 4. The fourth-order valence-electron chi connectivity index (χ4n) is 2.87. The summed E-state index contributed by atoms with van der Waals surface area (Å²) in [6, 6.07) is 0. The lowest BCUT2D eigenvalue weighted by Gasteiger charge is -2.20. The van der Waals surface area contributed by atoms with Crippen LogP contribution in [0.1, 0.15) is 77.6 Å². The monoisotopic (exact) mass is 330 g/mol. The van der Waals surface area contributed by atoms with E-state index in [1.807, 2.05) is 0 Å². The summed E-state index contributed by atoms with van der Waals surface area (Å²) >= 11 is 0. The van der Waals surface area contributed by atoms with Crippen LogP contribution in [0.2, 0.25) is 0 Å². The van der Waals surface area contributed by atoms with Gasteiger partial charge in [0, 0.05) is 32.8 Å². The van der Waals surface area contributed by atoms with E-state index in [9.17, 15) is 0 Å². The first-order chi connectivity index (χ1) is 11.3. The summed E-state index contributed by atoms with van der Waals surface area (Å²) in [4.78, 5) is 2.21. The summed E-state index contributed by atoms with van der Waals surface area (Å²) in [5.74, 6) is 0. The molecule has 0 aromatic heterocycles. The van der Waals surface area contributed by atoms with Crippen molar-refractivity contribution in [3.63, 3.8) is 0 Å². The predicted octanol–water partition coefficient (Wildman–Crippen LogP) is 3.17. The zero-order valence-corrected chi connectivity index (χ0v) is 15.6. The van der Waals surface area contributed by atoms with Gasteiger partial charge in [0.25, 0.3) is 0 Å². The number of aliphatic hydroxyl groups excluding tert-OH is 2. The Kier molecular flexibility index (Phi) is 19.7. The fourth-order valence-corrected chi connectivity index (χ4v) is 2.87. The van der Waals surface area contributed by atoms with E-state index in [4.69, 9.17) is 10.2 Å². The molecule has 23 heavy (non-hydrogen) atoms. The molecule has 0 aromatic carbocycles. The first-order valence-corrected chi connectivity index (χ1v) is 10.00. The molecule has 0 aliphatic heterocycles. The minimum absolute atomic E-state index is 0.198. The van der Waals surface area contributed by atoms with Crippen LogP contribution in [0, 0.1) is 0 Å². The van der Waals surface area contributed by atoms with Crippen molar-refractivity contribution in [2.24, 2.45) is 0 Å². The lowest BCUT2D eigenvalue weighted by atomic mass is 10.1. The van der Waals surface area contributed by atoms with E-state index in [1.54, 1.807) is 0 Å². The number of nitrogens with one attached hydrogen (secondary N) is 1. The van der Waals surface area contributed by atoms with Crippen LogP contribution in [0.15, 0.2) is 0 Å². The highest BCUT2D eigenvalue weighted by atomic mass is 16.3. The Morgan fingerprint density at radius 1 is 0.609 bits per heavy atom. The van der Waals surface area contributed by atoms with Gasteiger partial charge in [0.2, 0.25) is 0 Å². The molecule has 0 aliphatic rings. The Hall–Kier alpha value is -0.160. The maximum Gasteiger partial charge on any atom is 0.0558 e. The summed E-state index contributed by atoms with van der Waals surface area (Å²) in [6.45, 7) is 7.31. The second kappa shape index (κ2) is 19.9. The number of hydrogen-bond donors (Lipinski definition) is 3. The summed E-state index contributed by atoms with van der Waals surface area (Å²) in [7, 11) is 0. The molecule has 0 unspecified atom stereocenters. The smallest absolute Gasteiger partial charge is 0.0558 e. The van der Waals surface area contributed by atoms with Crippen LogP contribution in [0.5, 0.6) is 0 Å². The number of unbranched alkanes of at least 4 members (excludes halogenated alkanes) is 9. The van der Waals surface area contributed by atoms with Gasteiger partial charge in [-0.05, 0) is 19.4 Å². The minimum atomic E-state index is 0.198. The molecule has 0 spiro atoms. The number of aliphatic hydroxyl groups is 2. The van der Waals surface area contributed by atoms with E-state index in [-0.39, 0.29) is 13.2 Å². The van der Waals surface area contributed by atoms with Crippen LogP contribution in [0.25, 0.3) is 0 Å². The second-order valence-electron chi connectivity index (χ2n) is 6.57. The first kappa shape index (κ1) is 22.8. The molecule has 0 saturated carbocycles.